The number of hydrogen-bond donors (Lipinski definition) is 2. The second kappa shape index (κ2) is 8.92. The SMILES string of the molecule is COCCCC(NC(=O)/C=C/c1ccccc1C)C(=O)O. The van der Waals surface area contributed by atoms with Crippen LogP contribution in [0, 0.1) is 6.92 Å². The number of rotatable bonds is 8. The van der Waals surface area contributed by atoms with Crippen LogP contribution in [0.2, 0.25) is 0 Å². The summed E-state index contributed by atoms with van der Waals surface area (Å²) in [6.07, 6.45) is 3.95. The smallest absolute Gasteiger partial charge is 0.326 e. The lowest BCUT2D eigenvalue weighted by atomic mass is 10.1. The Balaban J connectivity index is 2.57. The Labute approximate surface area is 124 Å². The first-order valence-electron chi connectivity index (χ1n) is 6.80. The minimum atomic E-state index is -1.04. The van der Waals surface area contributed by atoms with Crippen LogP contribution in [0.25, 0.3) is 6.08 Å². The van der Waals surface area contributed by atoms with Crippen LogP contribution in [-0.4, -0.2) is 36.7 Å². The molecule has 1 amide bonds. The van der Waals surface area contributed by atoms with Gasteiger partial charge in [0.25, 0.3) is 0 Å². The number of carbonyl (C=O) groups excluding carboxylic acids is 1. The predicted octanol–water partition coefficient (Wildman–Crippen LogP) is 2.00. The van der Waals surface area contributed by atoms with E-state index in [-0.39, 0.29) is 0 Å². The van der Waals surface area contributed by atoms with Crippen molar-refractivity contribution in [3.05, 3.63) is 41.5 Å². The summed E-state index contributed by atoms with van der Waals surface area (Å²) in [5.74, 6) is -1.45. The minimum absolute atomic E-state index is 0.340. The van der Waals surface area contributed by atoms with Gasteiger partial charge in [-0.05, 0) is 37.0 Å². The third-order valence-corrected chi connectivity index (χ3v) is 3.06. The molecule has 0 bridgehead atoms. The lowest BCUT2D eigenvalue weighted by molar-refractivity contribution is -0.141. The van der Waals surface area contributed by atoms with E-state index in [9.17, 15) is 9.59 Å². The molecule has 5 heteroatoms. The maximum atomic E-state index is 11.8. The van der Waals surface area contributed by atoms with Crippen LogP contribution in [0.1, 0.15) is 24.0 Å². The largest absolute Gasteiger partial charge is 0.480 e. The predicted molar refractivity (Wildman–Crippen MR) is 80.9 cm³/mol. The Morgan fingerprint density at radius 1 is 1.38 bits per heavy atom. The van der Waals surface area contributed by atoms with Crippen molar-refractivity contribution >= 4 is 18.0 Å². The second-order valence-corrected chi connectivity index (χ2v) is 4.72. The summed E-state index contributed by atoms with van der Waals surface area (Å²) in [4.78, 5) is 22.9. The van der Waals surface area contributed by atoms with Gasteiger partial charge in [0.2, 0.25) is 5.91 Å². The molecule has 1 aromatic carbocycles. The van der Waals surface area contributed by atoms with Crippen molar-refractivity contribution in [1.29, 1.82) is 0 Å². The van der Waals surface area contributed by atoms with Crippen molar-refractivity contribution < 1.29 is 19.4 Å². The Morgan fingerprint density at radius 3 is 2.71 bits per heavy atom. The number of carboxylic acid groups (broad SMARTS) is 1. The highest BCUT2D eigenvalue weighted by Gasteiger charge is 2.18. The standard InChI is InChI=1S/C16H21NO4/c1-12-6-3-4-7-13(12)9-10-15(18)17-14(16(19)20)8-5-11-21-2/h3-4,6-7,9-10,14H,5,8,11H2,1-2H3,(H,17,18)(H,19,20)/b10-9+. The number of nitrogens with one attached hydrogen (secondary N) is 1. The third kappa shape index (κ3) is 6.23. The van der Waals surface area contributed by atoms with Gasteiger partial charge < -0.3 is 15.2 Å². The van der Waals surface area contributed by atoms with Crippen LogP contribution >= 0.6 is 0 Å². The first kappa shape index (κ1) is 16.9. The quantitative estimate of drug-likeness (QED) is 0.567. The van der Waals surface area contributed by atoms with Gasteiger partial charge in [0.05, 0.1) is 0 Å². The monoisotopic (exact) mass is 291 g/mol. The topological polar surface area (TPSA) is 75.6 Å². The molecule has 0 spiro atoms. The number of amides is 1. The van der Waals surface area contributed by atoms with Gasteiger partial charge in [-0.2, -0.15) is 0 Å². The molecule has 0 saturated heterocycles. The van der Waals surface area contributed by atoms with Crippen molar-refractivity contribution in [2.24, 2.45) is 0 Å². The molecule has 2 N–H and O–H groups in total. The van der Waals surface area contributed by atoms with Crippen molar-refractivity contribution in [2.45, 2.75) is 25.8 Å². The molecule has 114 valence electrons. The van der Waals surface area contributed by atoms with Crippen LogP contribution in [0.15, 0.2) is 30.3 Å². The zero-order valence-corrected chi connectivity index (χ0v) is 12.3. The lowest BCUT2D eigenvalue weighted by Gasteiger charge is -2.12. The highest BCUT2D eigenvalue weighted by molar-refractivity contribution is 5.94. The summed E-state index contributed by atoms with van der Waals surface area (Å²) >= 11 is 0. The van der Waals surface area contributed by atoms with Crippen LogP contribution < -0.4 is 5.32 Å². The van der Waals surface area contributed by atoms with Crippen molar-refractivity contribution in [3.63, 3.8) is 0 Å². The van der Waals surface area contributed by atoms with E-state index in [1.54, 1.807) is 13.2 Å². The normalized spacial score (nSPS) is 12.3. The molecule has 0 aliphatic rings. The maximum absolute atomic E-state index is 11.8. The fourth-order valence-electron chi connectivity index (χ4n) is 1.85. The van der Waals surface area contributed by atoms with Crippen LogP contribution in [0.4, 0.5) is 0 Å². The van der Waals surface area contributed by atoms with Crippen LogP contribution in [0.5, 0.6) is 0 Å². The molecule has 21 heavy (non-hydrogen) atoms. The van der Waals surface area contributed by atoms with E-state index < -0.39 is 17.9 Å². The first-order chi connectivity index (χ1) is 10.0. The van der Waals surface area contributed by atoms with E-state index in [1.807, 2.05) is 31.2 Å². The van der Waals surface area contributed by atoms with E-state index in [4.69, 9.17) is 9.84 Å². The molecule has 0 saturated carbocycles. The fourth-order valence-corrected chi connectivity index (χ4v) is 1.85. The van der Waals surface area contributed by atoms with Gasteiger partial charge >= 0.3 is 5.97 Å². The molecule has 0 heterocycles. The highest BCUT2D eigenvalue weighted by atomic mass is 16.5. The number of carbonyl (C=O) groups is 2. The average molecular weight is 291 g/mol. The Morgan fingerprint density at radius 2 is 2.10 bits per heavy atom. The van der Waals surface area contributed by atoms with Crippen molar-refractivity contribution in [1.82, 2.24) is 5.32 Å². The van der Waals surface area contributed by atoms with Crippen LogP contribution in [-0.2, 0) is 14.3 Å². The number of carboxylic acids is 1. The average Bonchev–Trinajstić information content (AvgIpc) is 2.45. The lowest BCUT2D eigenvalue weighted by Crippen LogP contribution is -2.40. The number of ether oxygens (including phenoxy) is 1. The Bertz CT molecular complexity index is 511. The summed E-state index contributed by atoms with van der Waals surface area (Å²) in [7, 11) is 1.55. The summed E-state index contributed by atoms with van der Waals surface area (Å²) in [6.45, 7) is 2.42. The van der Waals surface area contributed by atoms with Gasteiger partial charge in [-0.15, -0.1) is 0 Å². The van der Waals surface area contributed by atoms with Gasteiger partial charge in [0.15, 0.2) is 0 Å². The first-order valence-corrected chi connectivity index (χ1v) is 6.80. The molecule has 0 aromatic heterocycles. The van der Waals surface area contributed by atoms with Crippen molar-refractivity contribution in [3.8, 4) is 0 Å². The Kier molecular flexibility index (Phi) is 7.18. The molecule has 0 fully saturated rings. The molecule has 5 nitrogen and oxygen atoms in total. The number of hydrogen-bond acceptors (Lipinski definition) is 3. The number of aryl methyl sites for hydroxylation is 1. The zero-order valence-electron chi connectivity index (χ0n) is 12.3. The molecule has 1 atom stereocenters. The molecule has 0 aliphatic carbocycles. The Hall–Kier alpha value is -2.14. The number of aliphatic carboxylic acids is 1. The van der Waals surface area contributed by atoms with E-state index in [0.29, 0.717) is 19.4 Å². The van der Waals surface area contributed by atoms with Crippen LogP contribution in [0.3, 0.4) is 0 Å². The highest BCUT2D eigenvalue weighted by Crippen LogP contribution is 2.08. The molecule has 0 aliphatic heterocycles. The van der Waals surface area contributed by atoms with Gasteiger partial charge in [0, 0.05) is 19.8 Å². The van der Waals surface area contributed by atoms with E-state index >= 15 is 0 Å². The minimum Gasteiger partial charge on any atom is -0.480 e. The van der Waals surface area contributed by atoms with Gasteiger partial charge in [-0.25, -0.2) is 4.79 Å². The molecule has 1 rings (SSSR count). The van der Waals surface area contributed by atoms with Gasteiger partial charge in [0.1, 0.15) is 6.04 Å². The summed E-state index contributed by atoms with van der Waals surface area (Å²) < 4.78 is 4.88. The van der Waals surface area contributed by atoms with E-state index in [0.717, 1.165) is 11.1 Å². The van der Waals surface area contributed by atoms with Gasteiger partial charge in [-0.3, -0.25) is 4.79 Å². The number of methoxy groups -OCH3 is 1. The molecule has 1 aromatic rings. The summed E-state index contributed by atoms with van der Waals surface area (Å²) in [5, 5.41) is 11.6. The molecule has 1 unspecified atom stereocenters. The second-order valence-electron chi connectivity index (χ2n) is 4.72. The van der Waals surface area contributed by atoms with Crippen molar-refractivity contribution in [2.75, 3.05) is 13.7 Å². The number of benzene rings is 1. The molecule has 0 radical (unpaired) electrons. The zero-order chi connectivity index (χ0) is 15.7. The fraction of sp³-hybridized carbons (Fsp3) is 0.375. The van der Waals surface area contributed by atoms with E-state index in [1.165, 1.54) is 6.08 Å². The van der Waals surface area contributed by atoms with E-state index in [2.05, 4.69) is 5.32 Å². The summed E-state index contributed by atoms with van der Waals surface area (Å²) in [5.41, 5.74) is 1.98. The third-order valence-electron chi connectivity index (χ3n) is 3.06. The van der Waals surface area contributed by atoms with Gasteiger partial charge in [-0.1, -0.05) is 24.3 Å². The summed E-state index contributed by atoms with van der Waals surface area (Å²) in [6, 6.07) is 6.75. The molecular formula is C16H21NO4. The molecular weight excluding hydrogens is 270 g/mol. The maximum Gasteiger partial charge on any atom is 0.326 e.